The molecule has 3 rings (SSSR count). The third-order valence-corrected chi connectivity index (χ3v) is 6.41. The number of sulfonamides is 1. The monoisotopic (exact) mass is 424 g/mol. The lowest BCUT2D eigenvalue weighted by Crippen LogP contribution is -2.50. The molecule has 1 aromatic carbocycles. The zero-order valence-electron chi connectivity index (χ0n) is 14.9. The molecule has 0 radical (unpaired) electrons. The number of hydrogen-bond donors (Lipinski definition) is 0. The largest absolute Gasteiger partial charge is 0.433 e. The molecule has 0 N–H and O–H groups in total. The fourth-order valence-electron chi connectivity index (χ4n) is 2.93. The van der Waals surface area contributed by atoms with Crippen molar-refractivity contribution in [1.82, 2.24) is 14.2 Å². The van der Waals surface area contributed by atoms with Crippen molar-refractivity contribution in [1.29, 1.82) is 5.26 Å². The Labute approximate surface area is 165 Å². The molecular formula is C18H15F3N4O3S. The van der Waals surface area contributed by atoms with E-state index in [1.165, 1.54) is 27.4 Å². The first kappa shape index (κ1) is 20.8. The second kappa shape index (κ2) is 7.81. The molecule has 29 heavy (non-hydrogen) atoms. The van der Waals surface area contributed by atoms with Gasteiger partial charge in [-0.25, -0.2) is 8.42 Å². The fraction of sp³-hybridized carbons (Fsp3) is 0.278. The second-order valence-corrected chi connectivity index (χ2v) is 8.14. The summed E-state index contributed by atoms with van der Waals surface area (Å²) in [5, 5.41) is 9.13. The summed E-state index contributed by atoms with van der Waals surface area (Å²) >= 11 is 0. The van der Waals surface area contributed by atoms with Crippen molar-refractivity contribution < 1.29 is 26.4 Å². The van der Waals surface area contributed by atoms with E-state index in [9.17, 15) is 26.4 Å². The molecule has 1 aliphatic rings. The summed E-state index contributed by atoms with van der Waals surface area (Å²) in [5.41, 5.74) is -1.08. The van der Waals surface area contributed by atoms with Crippen LogP contribution in [0.15, 0.2) is 47.5 Å². The maximum atomic E-state index is 12.8. The molecule has 0 unspecified atom stereocenters. The van der Waals surface area contributed by atoms with Crippen LogP contribution in [0.25, 0.3) is 0 Å². The van der Waals surface area contributed by atoms with Gasteiger partial charge >= 0.3 is 6.18 Å². The smallest absolute Gasteiger partial charge is 0.336 e. The molecule has 0 atom stereocenters. The Morgan fingerprint density at radius 3 is 2.28 bits per heavy atom. The molecule has 1 amide bonds. The predicted octanol–water partition coefficient (Wildman–Crippen LogP) is 2.12. The van der Waals surface area contributed by atoms with E-state index in [0.717, 1.165) is 18.3 Å². The van der Waals surface area contributed by atoms with E-state index >= 15 is 0 Å². The summed E-state index contributed by atoms with van der Waals surface area (Å²) in [6, 6.07) is 9.46. The SMILES string of the molecule is N#Cc1ccccc1S(=O)(=O)N1CCN(C(=O)c2ccc(C(F)(F)F)nc2)CC1. The molecule has 1 fully saturated rings. The minimum absolute atomic E-state index is 0.00188. The van der Waals surface area contributed by atoms with Crippen LogP contribution in [0.1, 0.15) is 21.6 Å². The number of carbonyl (C=O) groups excluding carboxylic acids is 1. The zero-order valence-corrected chi connectivity index (χ0v) is 15.7. The standard InChI is InChI=1S/C18H15F3N4O3S/c19-18(20,21)16-6-5-14(12-23-16)17(26)24-7-9-25(10-8-24)29(27,28)15-4-2-1-3-13(15)11-22/h1-6,12H,7-10H2. The molecule has 0 saturated carbocycles. The van der Waals surface area contributed by atoms with Crippen LogP contribution in [0.5, 0.6) is 0 Å². The topological polar surface area (TPSA) is 94.4 Å². The lowest BCUT2D eigenvalue weighted by Gasteiger charge is -2.34. The van der Waals surface area contributed by atoms with Crippen LogP contribution in [0.3, 0.4) is 0 Å². The Hall–Kier alpha value is -2.97. The van der Waals surface area contributed by atoms with E-state index in [1.807, 2.05) is 6.07 Å². The lowest BCUT2D eigenvalue weighted by molar-refractivity contribution is -0.141. The van der Waals surface area contributed by atoms with Crippen molar-refractivity contribution >= 4 is 15.9 Å². The first-order valence-corrected chi connectivity index (χ1v) is 9.90. The summed E-state index contributed by atoms with van der Waals surface area (Å²) in [6.45, 7) is 0.130. The van der Waals surface area contributed by atoms with E-state index < -0.39 is 27.8 Å². The van der Waals surface area contributed by atoms with Gasteiger partial charge < -0.3 is 4.90 Å². The minimum Gasteiger partial charge on any atom is -0.336 e. The van der Waals surface area contributed by atoms with Gasteiger partial charge in [0.25, 0.3) is 5.91 Å². The highest BCUT2D eigenvalue weighted by Crippen LogP contribution is 2.27. The van der Waals surface area contributed by atoms with E-state index in [4.69, 9.17) is 5.26 Å². The Morgan fingerprint density at radius 1 is 1.07 bits per heavy atom. The highest BCUT2D eigenvalue weighted by atomic mass is 32.2. The maximum Gasteiger partial charge on any atom is 0.433 e. The summed E-state index contributed by atoms with van der Waals surface area (Å²) < 4.78 is 64.5. The molecule has 2 heterocycles. The number of rotatable bonds is 3. The van der Waals surface area contributed by atoms with Gasteiger partial charge in [-0.3, -0.25) is 9.78 Å². The Bertz CT molecular complexity index is 1050. The molecule has 1 aromatic heterocycles. The minimum atomic E-state index is -4.60. The number of alkyl halides is 3. The van der Waals surface area contributed by atoms with Crippen LogP contribution in [-0.4, -0.2) is 54.7 Å². The van der Waals surface area contributed by atoms with Crippen LogP contribution in [0.2, 0.25) is 0 Å². The van der Waals surface area contributed by atoms with E-state index in [2.05, 4.69) is 4.98 Å². The molecule has 11 heteroatoms. The van der Waals surface area contributed by atoms with Gasteiger partial charge in [-0.1, -0.05) is 12.1 Å². The Balaban J connectivity index is 1.70. The van der Waals surface area contributed by atoms with Gasteiger partial charge in [-0.05, 0) is 24.3 Å². The molecule has 7 nitrogen and oxygen atoms in total. The van der Waals surface area contributed by atoms with Crippen LogP contribution in [0, 0.1) is 11.3 Å². The van der Waals surface area contributed by atoms with Gasteiger partial charge in [0, 0.05) is 32.4 Å². The van der Waals surface area contributed by atoms with Gasteiger partial charge in [0.2, 0.25) is 10.0 Å². The molecule has 0 spiro atoms. The van der Waals surface area contributed by atoms with Gasteiger partial charge in [-0.2, -0.15) is 22.7 Å². The Morgan fingerprint density at radius 2 is 1.72 bits per heavy atom. The molecule has 1 saturated heterocycles. The molecule has 0 bridgehead atoms. The first-order chi connectivity index (χ1) is 13.6. The molecule has 1 aliphatic heterocycles. The van der Waals surface area contributed by atoms with Crippen LogP contribution in [0.4, 0.5) is 13.2 Å². The summed E-state index contributed by atoms with van der Waals surface area (Å²) in [5.74, 6) is -0.527. The first-order valence-electron chi connectivity index (χ1n) is 8.46. The highest BCUT2D eigenvalue weighted by Gasteiger charge is 2.34. The maximum absolute atomic E-state index is 12.8. The van der Waals surface area contributed by atoms with Crippen molar-refractivity contribution in [3.8, 4) is 6.07 Å². The number of pyridine rings is 1. The van der Waals surface area contributed by atoms with E-state index in [-0.39, 0.29) is 42.2 Å². The molecule has 0 aliphatic carbocycles. The number of benzene rings is 1. The van der Waals surface area contributed by atoms with Crippen molar-refractivity contribution in [2.45, 2.75) is 11.1 Å². The van der Waals surface area contributed by atoms with Crippen molar-refractivity contribution in [2.75, 3.05) is 26.2 Å². The number of amides is 1. The molecular weight excluding hydrogens is 409 g/mol. The van der Waals surface area contributed by atoms with E-state index in [0.29, 0.717) is 0 Å². The third-order valence-electron chi connectivity index (χ3n) is 4.45. The van der Waals surface area contributed by atoms with Crippen LogP contribution >= 0.6 is 0 Å². The quantitative estimate of drug-likeness (QED) is 0.752. The van der Waals surface area contributed by atoms with Crippen molar-refractivity contribution in [3.63, 3.8) is 0 Å². The van der Waals surface area contributed by atoms with Crippen molar-refractivity contribution in [2.24, 2.45) is 0 Å². The Kier molecular flexibility index (Phi) is 5.59. The van der Waals surface area contributed by atoms with Crippen molar-refractivity contribution in [3.05, 3.63) is 59.4 Å². The van der Waals surface area contributed by atoms with Crippen LogP contribution in [-0.2, 0) is 16.2 Å². The normalized spacial score (nSPS) is 15.7. The molecule has 152 valence electrons. The van der Waals surface area contributed by atoms with Gasteiger partial charge in [0.15, 0.2) is 0 Å². The number of nitriles is 1. The van der Waals surface area contributed by atoms with E-state index in [1.54, 1.807) is 6.07 Å². The lowest BCUT2D eigenvalue weighted by atomic mass is 10.2. The number of nitrogens with zero attached hydrogens (tertiary/aromatic N) is 4. The number of carbonyl (C=O) groups is 1. The highest BCUT2D eigenvalue weighted by molar-refractivity contribution is 7.89. The van der Waals surface area contributed by atoms with Gasteiger partial charge in [0.1, 0.15) is 11.8 Å². The van der Waals surface area contributed by atoms with Gasteiger partial charge in [-0.15, -0.1) is 0 Å². The summed E-state index contributed by atoms with van der Waals surface area (Å²) in [4.78, 5) is 17.0. The third kappa shape index (κ3) is 4.23. The number of piperazine rings is 1. The van der Waals surface area contributed by atoms with Gasteiger partial charge in [0.05, 0.1) is 16.0 Å². The fourth-order valence-corrected chi connectivity index (χ4v) is 4.49. The average Bonchev–Trinajstić information content (AvgIpc) is 2.72. The second-order valence-electron chi connectivity index (χ2n) is 6.23. The summed E-state index contributed by atoms with van der Waals surface area (Å²) in [7, 11) is -3.91. The average molecular weight is 424 g/mol. The zero-order chi connectivity index (χ0) is 21.2. The number of aromatic nitrogens is 1. The number of halogens is 3. The predicted molar refractivity (Wildman–Crippen MR) is 95.1 cm³/mol. The summed E-state index contributed by atoms with van der Waals surface area (Å²) in [6.07, 6.45) is -3.74. The molecule has 2 aromatic rings. The number of hydrogen-bond acceptors (Lipinski definition) is 5. The van der Waals surface area contributed by atoms with Crippen LogP contribution < -0.4 is 0 Å².